The Balaban J connectivity index is 2.05. The van der Waals surface area contributed by atoms with Crippen LogP contribution in [0.15, 0.2) is 0 Å². The van der Waals surface area contributed by atoms with Crippen molar-refractivity contribution in [2.24, 2.45) is 11.8 Å². The molecule has 1 amide bonds. The van der Waals surface area contributed by atoms with E-state index in [1.807, 2.05) is 13.8 Å². The number of likely N-dealkylation sites (tertiary alicyclic amines) is 1. The van der Waals surface area contributed by atoms with E-state index in [4.69, 9.17) is 9.47 Å². The van der Waals surface area contributed by atoms with E-state index in [0.717, 1.165) is 19.3 Å². The van der Waals surface area contributed by atoms with Crippen LogP contribution < -0.4 is 0 Å². The highest BCUT2D eigenvalue weighted by atomic mass is 16.6. The number of carbonyl (C=O) groups excluding carboxylic acids is 2. The van der Waals surface area contributed by atoms with Gasteiger partial charge in [-0.05, 0) is 31.1 Å². The SMILES string of the molecule is COC(=O)C1C2CCC(C2)N1C(=O)OCC(C)C. The topological polar surface area (TPSA) is 55.8 Å². The zero-order valence-corrected chi connectivity index (χ0v) is 11.2. The minimum atomic E-state index is -0.437. The molecule has 1 saturated carbocycles. The van der Waals surface area contributed by atoms with Crippen molar-refractivity contribution in [1.82, 2.24) is 4.90 Å². The number of rotatable bonds is 3. The first-order valence-corrected chi connectivity index (χ1v) is 6.57. The molecule has 0 N–H and O–H groups in total. The number of carbonyl (C=O) groups is 2. The van der Waals surface area contributed by atoms with Crippen LogP contribution in [0.3, 0.4) is 0 Å². The molecule has 0 spiro atoms. The maximum atomic E-state index is 12.1. The van der Waals surface area contributed by atoms with Crippen LogP contribution in [0.4, 0.5) is 4.79 Å². The van der Waals surface area contributed by atoms with E-state index in [0.29, 0.717) is 12.5 Å². The highest BCUT2D eigenvalue weighted by molar-refractivity contribution is 5.83. The highest BCUT2D eigenvalue weighted by Crippen LogP contribution is 2.43. The van der Waals surface area contributed by atoms with Gasteiger partial charge in [0.05, 0.1) is 13.7 Å². The molecule has 18 heavy (non-hydrogen) atoms. The Morgan fingerprint density at radius 3 is 2.67 bits per heavy atom. The van der Waals surface area contributed by atoms with Gasteiger partial charge in [0.2, 0.25) is 0 Å². The molecule has 2 fully saturated rings. The van der Waals surface area contributed by atoms with Gasteiger partial charge < -0.3 is 9.47 Å². The summed E-state index contributed by atoms with van der Waals surface area (Å²) in [5.41, 5.74) is 0. The van der Waals surface area contributed by atoms with E-state index in [9.17, 15) is 9.59 Å². The third kappa shape index (κ3) is 2.31. The number of esters is 1. The Hall–Kier alpha value is -1.26. The van der Waals surface area contributed by atoms with Gasteiger partial charge in [0.15, 0.2) is 0 Å². The highest BCUT2D eigenvalue weighted by Gasteiger charge is 2.52. The summed E-state index contributed by atoms with van der Waals surface area (Å²) in [6, 6.07) is -0.285. The third-order valence-electron chi connectivity index (χ3n) is 3.78. The van der Waals surface area contributed by atoms with Gasteiger partial charge in [-0.3, -0.25) is 4.90 Å². The molecular weight excluding hydrogens is 234 g/mol. The summed E-state index contributed by atoms with van der Waals surface area (Å²) in [6.45, 7) is 4.36. The number of fused-ring (bicyclic) bond motifs is 2. The fraction of sp³-hybridized carbons (Fsp3) is 0.846. The van der Waals surface area contributed by atoms with Crippen LogP contribution in [-0.2, 0) is 14.3 Å². The van der Waals surface area contributed by atoms with Crippen LogP contribution in [0, 0.1) is 11.8 Å². The van der Waals surface area contributed by atoms with Crippen LogP contribution in [0.1, 0.15) is 33.1 Å². The van der Waals surface area contributed by atoms with Crippen LogP contribution in [0.5, 0.6) is 0 Å². The average Bonchev–Trinajstić information content (AvgIpc) is 2.94. The van der Waals surface area contributed by atoms with Gasteiger partial charge in [-0.2, -0.15) is 0 Å². The van der Waals surface area contributed by atoms with Crippen molar-refractivity contribution >= 4 is 12.1 Å². The van der Waals surface area contributed by atoms with E-state index in [1.165, 1.54) is 7.11 Å². The molecular formula is C13H21NO4. The summed E-state index contributed by atoms with van der Waals surface area (Å²) in [4.78, 5) is 25.5. The van der Waals surface area contributed by atoms with Crippen molar-refractivity contribution in [2.75, 3.05) is 13.7 Å². The third-order valence-corrected chi connectivity index (χ3v) is 3.78. The van der Waals surface area contributed by atoms with Crippen LogP contribution >= 0.6 is 0 Å². The quantitative estimate of drug-likeness (QED) is 0.722. The molecule has 102 valence electrons. The number of nitrogens with zero attached hydrogens (tertiary/aromatic N) is 1. The summed E-state index contributed by atoms with van der Waals surface area (Å²) in [5, 5.41) is 0. The predicted octanol–water partition coefficient (Wildman–Crippen LogP) is 1.80. The lowest BCUT2D eigenvalue weighted by Gasteiger charge is -2.32. The number of hydrogen-bond acceptors (Lipinski definition) is 4. The summed E-state index contributed by atoms with van der Waals surface area (Å²) in [5.74, 6) is 0.225. The lowest BCUT2D eigenvalue weighted by Crippen LogP contribution is -2.49. The number of amides is 1. The van der Waals surface area contributed by atoms with Crippen LogP contribution in [-0.4, -0.2) is 42.8 Å². The molecule has 1 saturated heterocycles. The fourth-order valence-corrected chi connectivity index (χ4v) is 2.99. The predicted molar refractivity (Wildman–Crippen MR) is 65.0 cm³/mol. The van der Waals surface area contributed by atoms with Gasteiger partial charge >= 0.3 is 12.1 Å². The standard InChI is InChI=1S/C13H21NO4/c1-8(2)7-18-13(16)14-10-5-4-9(6-10)11(14)12(15)17-3/h8-11H,4-7H2,1-3H3. The summed E-state index contributed by atoms with van der Waals surface area (Å²) < 4.78 is 10.0. The monoisotopic (exact) mass is 255 g/mol. The van der Waals surface area contributed by atoms with Gasteiger partial charge in [0.1, 0.15) is 6.04 Å². The van der Waals surface area contributed by atoms with E-state index in [1.54, 1.807) is 4.90 Å². The molecule has 0 aromatic carbocycles. The van der Waals surface area contributed by atoms with Crippen molar-refractivity contribution in [2.45, 2.75) is 45.2 Å². The lowest BCUT2D eigenvalue weighted by atomic mass is 9.99. The van der Waals surface area contributed by atoms with Gasteiger partial charge in [-0.25, -0.2) is 9.59 Å². The molecule has 3 atom stereocenters. The smallest absolute Gasteiger partial charge is 0.410 e. The van der Waals surface area contributed by atoms with Crippen LogP contribution in [0.2, 0.25) is 0 Å². The van der Waals surface area contributed by atoms with Crippen molar-refractivity contribution < 1.29 is 19.1 Å². The number of methoxy groups -OCH3 is 1. The van der Waals surface area contributed by atoms with Gasteiger partial charge in [0, 0.05) is 6.04 Å². The van der Waals surface area contributed by atoms with E-state index in [-0.39, 0.29) is 24.0 Å². The Bertz CT molecular complexity index is 342. The Kier molecular flexibility index (Phi) is 3.78. The minimum Gasteiger partial charge on any atom is -0.467 e. The molecule has 5 heteroatoms. The first-order chi connectivity index (χ1) is 8.54. The van der Waals surface area contributed by atoms with E-state index < -0.39 is 6.04 Å². The second-order valence-corrected chi connectivity index (χ2v) is 5.57. The fourth-order valence-electron chi connectivity index (χ4n) is 2.99. The maximum absolute atomic E-state index is 12.1. The van der Waals surface area contributed by atoms with Gasteiger partial charge in [0.25, 0.3) is 0 Å². The molecule has 1 heterocycles. The van der Waals surface area contributed by atoms with Crippen molar-refractivity contribution in [3.05, 3.63) is 0 Å². The van der Waals surface area contributed by atoms with Gasteiger partial charge in [-0.15, -0.1) is 0 Å². The number of piperidine rings is 1. The molecule has 2 rings (SSSR count). The summed E-state index contributed by atoms with van der Waals surface area (Å²) in [6.07, 6.45) is 2.50. The molecule has 2 aliphatic rings. The molecule has 2 bridgehead atoms. The average molecular weight is 255 g/mol. The second kappa shape index (κ2) is 5.16. The molecule has 0 radical (unpaired) electrons. The molecule has 5 nitrogen and oxygen atoms in total. The zero-order chi connectivity index (χ0) is 13.3. The maximum Gasteiger partial charge on any atom is 0.410 e. The Labute approximate surface area is 107 Å². The van der Waals surface area contributed by atoms with Crippen molar-refractivity contribution in [3.63, 3.8) is 0 Å². The number of ether oxygens (including phenoxy) is 2. The van der Waals surface area contributed by atoms with Crippen LogP contribution in [0.25, 0.3) is 0 Å². The lowest BCUT2D eigenvalue weighted by molar-refractivity contribution is -0.148. The first-order valence-electron chi connectivity index (χ1n) is 6.57. The molecule has 1 aliphatic carbocycles. The Morgan fingerprint density at radius 1 is 1.33 bits per heavy atom. The van der Waals surface area contributed by atoms with Gasteiger partial charge in [-0.1, -0.05) is 13.8 Å². The van der Waals surface area contributed by atoms with E-state index in [2.05, 4.69) is 0 Å². The molecule has 1 aliphatic heterocycles. The minimum absolute atomic E-state index is 0.152. The van der Waals surface area contributed by atoms with Crippen molar-refractivity contribution in [3.8, 4) is 0 Å². The molecule has 0 aromatic heterocycles. The number of hydrogen-bond donors (Lipinski definition) is 0. The first kappa shape index (κ1) is 13.2. The normalized spacial score (nSPS) is 29.8. The molecule has 3 unspecified atom stereocenters. The van der Waals surface area contributed by atoms with E-state index >= 15 is 0 Å². The van der Waals surface area contributed by atoms with Crippen molar-refractivity contribution in [1.29, 1.82) is 0 Å². The zero-order valence-electron chi connectivity index (χ0n) is 11.2. The second-order valence-electron chi connectivity index (χ2n) is 5.57. The Morgan fingerprint density at radius 2 is 2.06 bits per heavy atom. The largest absolute Gasteiger partial charge is 0.467 e. The summed E-state index contributed by atoms with van der Waals surface area (Å²) >= 11 is 0. The summed E-state index contributed by atoms with van der Waals surface area (Å²) in [7, 11) is 1.37. The molecule has 0 aromatic rings.